The van der Waals surface area contributed by atoms with Crippen molar-refractivity contribution in [3.8, 4) is 5.75 Å². The van der Waals surface area contributed by atoms with Crippen LogP contribution in [0.4, 0.5) is 10.1 Å². The second kappa shape index (κ2) is 6.38. The van der Waals surface area contributed by atoms with Crippen LogP contribution >= 0.6 is 0 Å². The molecule has 1 heterocycles. The molecule has 2 rings (SSSR count). The van der Waals surface area contributed by atoms with Gasteiger partial charge in [0.25, 0.3) is 0 Å². The van der Waals surface area contributed by atoms with Crippen molar-refractivity contribution in [2.24, 2.45) is 0 Å². The number of nitrogens with one attached hydrogen (secondary N) is 1. The first-order valence-electron chi connectivity index (χ1n) is 6.36. The van der Waals surface area contributed by atoms with Crippen LogP contribution in [-0.2, 0) is 11.3 Å². The lowest BCUT2D eigenvalue weighted by molar-refractivity contribution is 0.183. The van der Waals surface area contributed by atoms with Crippen LogP contribution in [0.3, 0.4) is 0 Å². The standard InChI is InChI=1S/C14H18FN3O2/c1-10(13-7-11(15)3-4-14(13)19)17-12-8-16-18(9-12)5-6-20-2/h3-4,7-10,17,19H,5-6H2,1-2H3. The van der Waals surface area contributed by atoms with Crippen LogP contribution in [0.5, 0.6) is 5.75 Å². The molecule has 108 valence electrons. The average Bonchev–Trinajstić information content (AvgIpc) is 2.86. The summed E-state index contributed by atoms with van der Waals surface area (Å²) in [5.41, 5.74) is 1.31. The van der Waals surface area contributed by atoms with Gasteiger partial charge in [0.05, 0.1) is 31.1 Å². The molecule has 0 aliphatic heterocycles. The normalized spacial score (nSPS) is 12.3. The Kier molecular flexibility index (Phi) is 4.57. The Bertz CT molecular complexity index is 571. The van der Waals surface area contributed by atoms with E-state index in [1.54, 1.807) is 18.0 Å². The third-order valence-corrected chi connectivity index (χ3v) is 3.00. The first-order chi connectivity index (χ1) is 9.60. The highest BCUT2D eigenvalue weighted by atomic mass is 19.1. The van der Waals surface area contributed by atoms with Crippen molar-refractivity contribution in [1.82, 2.24) is 9.78 Å². The summed E-state index contributed by atoms with van der Waals surface area (Å²) < 4.78 is 20.0. The van der Waals surface area contributed by atoms with Crippen LogP contribution in [0.25, 0.3) is 0 Å². The average molecular weight is 279 g/mol. The number of methoxy groups -OCH3 is 1. The number of phenols is 1. The Morgan fingerprint density at radius 3 is 3.05 bits per heavy atom. The lowest BCUT2D eigenvalue weighted by atomic mass is 10.1. The number of halogens is 1. The first-order valence-corrected chi connectivity index (χ1v) is 6.36. The molecule has 0 saturated carbocycles. The number of phenolic OH excluding ortho intramolecular Hbond substituents is 1. The number of nitrogens with zero attached hydrogens (tertiary/aromatic N) is 2. The van der Waals surface area contributed by atoms with Crippen LogP contribution in [0, 0.1) is 5.82 Å². The van der Waals surface area contributed by atoms with E-state index in [0.29, 0.717) is 18.7 Å². The van der Waals surface area contributed by atoms with Crippen molar-refractivity contribution in [1.29, 1.82) is 0 Å². The van der Waals surface area contributed by atoms with Gasteiger partial charge < -0.3 is 15.2 Å². The Labute approximate surface area is 117 Å². The van der Waals surface area contributed by atoms with E-state index < -0.39 is 0 Å². The van der Waals surface area contributed by atoms with E-state index in [9.17, 15) is 9.50 Å². The van der Waals surface area contributed by atoms with Crippen molar-refractivity contribution in [3.05, 3.63) is 42.0 Å². The molecule has 1 atom stereocenters. The van der Waals surface area contributed by atoms with Gasteiger partial charge in [-0.05, 0) is 25.1 Å². The fourth-order valence-electron chi connectivity index (χ4n) is 1.95. The zero-order valence-corrected chi connectivity index (χ0v) is 11.5. The number of hydrogen-bond donors (Lipinski definition) is 2. The van der Waals surface area contributed by atoms with Crippen molar-refractivity contribution in [2.45, 2.75) is 19.5 Å². The molecule has 0 radical (unpaired) electrons. The van der Waals surface area contributed by atoms with Gasteiger partial charge in [0, 0.05) is 18.9 Å². The SMILES string of the molecule is COCCn1cc(NC(C)c2cc(F)ccc2O)cn1. The summed E-state index contributed by atoms with van der Waals surface area (Å²) in [6, 6.07) is 3.67. The van der Waals surface area contributed by atoms with Crippen molar-refractivity contribution in [2.75, 3.05) is 19.0 Å². The number of hydrogen-bond acceptors (Lipinski definition) is 4. The van der Waals surface area contributed by atoms with Crippen LogP contribution in [-0.4, -0.2) is 28.6 Å². The van der Waals surface area contributed by atoms with Gasteiger partial charge in [0.15, 0.2) is 0 Å². The Morgan fingerprint density at radius 2 is 2.30 bits per heavy atom. The lowest BCUT2D eigenvalue weighted by Gasteiger charge is -2.15. The Balaban J connectivity index is 2.05. The van der Waals surface area contributed by atoms with E-state index >= 15 is 0 Å². The molecule has 6 heteroatoms. The summed E-state index contributed by atoms with van der Waals surface area (Å²) >= 11 is 0. The molecule has 5 nitrogen and oxygen atoms in total. The summed E-state index contributed by atoms with van der Waals surface area (Å²) in [4.78, 5) is 0. The van der Waals surface area contributed by atoms with Crippen LogP contribution < -0.4 is 5.32 Å². The topological polar surface area (TPSA) is 59.3 Å². The maximum atomic E-state index is 13.2. The molecule has 2 aromatic rings. The van der Waals surface area contributed by atoms with Gasteiger partial charge in [-0.2, -0.15) is 5.10 Å². The van der Waals surface area contributed by atoms with Gasteiger partial charge in [-0.15, -0.1) is 0 Å². The molecule has 0 fully saturated rings. The van der Waals surface area contributed by atoms with Crippen LogP contribution in [0.15, 0.2) is 30.6 Å². The smallest absolute Gasteiger partial charge is 0.123 e. The van der Waals surface area contributed by atoms with E-state index in [4.69, 9.17) is 4.74 Å². The van der Waals surface area contributed by atoms with Gasteiger partial charge in [0.2, 0.25) is 0 Å². The van der Waals surface area contributed by atoms with E-state index in [0.717, 1.165) is 5.69 Å². The van der Waals surface area contributed by atoms with Crippen molar-refractivity contribution >= 4 is 5.69 Å². The first kappa shape index (κ1) is 14.3. The zero-order valence-electron chi connectivity index (χ0n) is 11.5. The van der Waals surface area contributed by atoms with Gasteiger partial charge in [-0.3, -0.25) is 4.68 Å². The molecule has 20 heavy (non-hydrogen) atoms. The molecular weight excluding hydrogens is 261 g/mol. The molecule has 1 aromatic heterocycles. The van der Waals surface area contributed by atoms with E-state index in [2.05, 4.69) is 10.4 Å². The number of ether oxygens (including phenoxy) is 1. The maximum absolute atomic E-state index is 13.2. The van der Waals surface area contributed by atoms with Crippen molar-refractivity contribution in [3.63, 3.8) is 0 Å². The van der Waals surface area contributed by atoms with Gasteiger partial charge in [-0.25, -0.2) is 4.39 Å². The summed E-state index contributed by atoms with van der Waals surface area (Å²) in [7, 11) is 1.64. The van der Waals surface area contributed by atoms with Crippen LogP contribution in [0.1, 0.15) is 18.5 Å². The number of anilines is 1. The van der Waals surface area contributed by atoms with E-state index in [1.165, 1.54) is 18.2 Å². The molecule has 0 saturated heterocycles. The highest BCUT2D eigenvalue weighted by Gasteiger charge is 2.12. The zero-order chi connectivity index (χ0) is 14.5. The van der Waals surface area contributed by atoms with Gasteiger partial charge in [-0.1, -0.05) is 0 Å². The predicted octanol–water partition coefficient (Wildman–Crippen LogP) is 2.55. The highest BCUT2D eigenvalue weighted by Crippen LogP contribution is 2.27. The summed E-state index contributed by atoms with van der Waals surface area (Å²) in [6.45, 7) is 3.10. The third-order valence-electron chi connectivity index (χ3n) is 3.00. The quantitative estimate of drug-likeness (QED) is 0.853. The largest absolute Gasteiger partial charge is 0.508 e. The number of rotatable bonds is 6. The third kappa shape index (κ3) is 3.48. The monoisotopic (exact) mass is 279 g/mol. The minimum absolute atomic E-state index is 0.0678. The minimum atomic E-state index is -0.373. The molecule has 1 aromatic carbocycles. The Morgan fingerprint density at radius 1 is 1.50 bits per heavy atom. The van der Waals surface area contributed by atoms with E-state index in [-0.39, 0.29) is 17.6 Å². The number of benzene rings is 1. The fraction of sp³-hybridized carbons (Fsp3) is 0.357. The summed E-state index contributed by atoms with van der Waals surface area (Å²) in [5.74, 6) is -0.305. The maximum Gasteiger partial charge on any atom is 0.123 e. The fourth-order valence-corrected chi connectivity index (χ4v) is 1.95. The minimum Gasteiger partial charge on any atom is -0.508 e. The number of aromatic hydroxyl groups is 1. The number of aromatic nitrogens is 2. The molecule has 0 amide bonds. The molecule has 2 N–H and O–H groups in total. The van der Waals surface area contributed by atoms with Gasteiger partial charge >= 0.3 is 0 Å². The predicted molar refractivity (Wildman–Crippen MR) is 74.2 cm³/mol. The molecule has 1 unspecified atom stereocenters. The van der Waals surface area contributed by atoms with Crippen LogP contribution in [0.2, 0.25) is 0 Å². The van der Waals surface area contributed by atoms with Gasteiger partial charge in [0.1, 0.15) is 11.6 Å². The molecule has 0 spiro atoms. The molecule has 0 aliphatic rings. The second-order valence-electron chi connectivity index (χ2n) is 4.55. The second-order valence-corrected chi connectivity index (χ2v) is 4.55. The molecular formula is C14H18FN3O2. The molecule has 0 bridgehead atoms. The molecule has 0 aliphatic carbocycles. The summed E-state index contributed by atoms with van der Waals surface area (Å²) in [5, 5.41) is 17.1. The Hall–Kier alpha value is -2.08. The highest BCUT2D eigenvalue weighted by molar-refractivity contribution is 5.44. The van der Waals surface area contributed by atoms with E-state index in [1.807, 2.05) is 13.1 Å². The lowest BCUT2D eigenvalue weighted by Crippen LogP contribution is -2.07. The summed E-state index contributed by atoms with van der Waals surface area (Å²) in [6.07, 6.45) is 3.52. The van der Waals surface area contributed by atoms with Crippen molar-refractivity contribution < 1.29 is 14.2 Å².